The number of benzene rings is 4. The van der Waals surface area contributed by atoms with Crippen LogP contribution in [0.15, 0.2) is 115 Å². The van der Waals surface area contributed by atoms with Crippen LogP contribution in [-0.4, -0.2) is 49.2 Å². The van der Waals surface area contributed by atoms with Gasteiger partial charge in [-0.15, -0.1) is 35.9 Å². The largest absolute Gasteiger partial charge is 0.480 e. The monoisotopic (exact) mass is 645 g/mol. The number of aliphatic carboxylic acids is 1. The van der Waals surface area contributed by atoms with E-state index in [-0.39, 0.29) is 24.1 Å². The maximum atomic E-state index is 13.5. The van der Waals surface area contributed by atoms with E-state index in [0.717, 1.165) is 33.5 Å². The van der Waals surface area contributed by atoms with E-state index in [1.807, 2.05) is 92.7 Å². The number of aromatic amines is 1. The summed E-state index contributed by atoms with van der Waals surface area (Å²) in [5.74, 6) is 0.321. The first kappa shape index (κ1) is 33.2. The normalized spacial score (nSPS) is 12.3. The number of thioether (sulfide) groups is 2. The maximum absolute atomic E-state index is 13.5. The molecule has 0 aliphatic heterocycles. The highest BCUT2D eigenvalue weighted by molar-refractivity contribution is 8.01. The van der Waals surface area contributed by atoms with Crippen LogP contribution in [0, 0.1) is 0 Å². The van der Waals surface area contributed by atoms with Crippen LogP contribution >= 0.6 is 35.9 Å². The predicted molar refractivity (Wildman–Crippen MR) is 185 cm³/mol. The molecule has 0 aliphatic carbocycles. The summed E-state index contributed by atoms with van der Waals surface area (Å²) in [6.07, 6.45) is 0.669. The molecule has 6 nitrogen and oxygen atoms in total. The summed E-state index contributed by atoms with van der Waals surface area (Å²) in [6, 6.07) is 37.1. The van der Waals surface area contributed by atoms with Gasteiger partial charge in [-0.05, 0) is 42.7 Å². The highest BCUT2D eigenvalue weighted by Gasteiger charge is 2.39. The molecule has 0 fully saturated rings. The van der Waals surface area contributed by atoms with Crippen molar-refractivity contribution in [3.05, 3.63) is 138 Å². The van der Waals surface area contributed by atoms with Gasteiger partial charge in [0, 0.05) is 17.9 Å². The van der Waals surface area contributed by atoms with Crippen molar-refractivity contribution < 1.29 is 14.7 Å². The molecule has 5 aromatic rings. The molecule has 4 aromatic carbocycles. The van der Waals surface area contributed by atoms with E-state index in [4.69, 9.17) is 0 Å². The van der Waals surface area contributed by atoms with Crippen LogP contribution in [0.1, 0.15) is 36.4 Å². The first-order valence-corrected chi connectivity index (χ1v) is 16.2. The molecule has 1 atom stereocenters. The number of para-hydroxylation sites is 2. The fraction of sp³-hybridized carbons (Fsp3) is 0.229. The summed E-state index contributed by atoms with van der Waals surface area (Å²) in [5.41, 5.74) is 5.01. The summed E-state index contributed by atoms with van der Waals surface area (Å²) in [6.45, 7) is 3.67. The quantitative estimate of drug-likeness (QED) is 0.116. The highest BCUT2D eigenvalue weighted by Crippen LogP contribution is 2.48. The van der Waals surface area contributed by atoms with Gasteiger partial charge in [0.05, 0.1) is 20.5 Å². The van der Waals surface area contributed by atoms with Gasteiger partial charge in [-0.25, -0.2) is 9.78 Å². The van der Waals surface area contributed by atoms with E-state index < -0.39 is 21.5 Å². The van der Waals surface area contributed by atoms with Gasteiger partial charge in [0.1, 0.15) is 11.9 Å². The lowest BCUT2D eigenvalue weighted by Gasteiger charge is -2.36. The zero-order valence-electron chi connectivity index (χ0n) is 24.6. The third-order valence-corrected chi connectivity index (χ3v) is 10.4. The fourth-order valence-corrected chi connectivity index (χ4v) is 7.62. The average Bonchev–Trinajstić information content (AvgIpc) is 3.45. The number of hydrogen-bond donors (Lipinski definition) is 3. The van der Waals surface area contributed by atoms with E-state index >= 15 is 0 Å². The Morgan fingerprint density at radius 3 is 1.80 bits per heavy atom. The van der Waals surface area contributed by atoms with Crippen LogP contribution in [0.5, 0.6) is 0 Å². The zero-order chi connectivity index (χ0) is 30.3. The smallest absolute Gasteiger partial charge is 0.327 e. The second kappa shape index (κ2) is 14.8. The van der Waals surface area contributed by atoms with Gasteiger partial charge in [0.2, 0.25) is 5.91 Å². The fourth-order valence-electron chi connectivity index (χ4n) is 5.08. The average molecular weight is 646 g/mol. The summed E-state index contributed by atoms with van der Waals surface area (Å²) < 4.78 is -1.52. The molecule has 1 amide bonds. The molecular formula is C35H36ClN3O3S2. The van der Waals surface area contributed by atoms with E-state index in [9.17, 15) is 14.7 Å². The molecule has 0 unspecified atom stereocenters. The van der Waals surface area contributed by atoms with Crippen LogP contribution in [0.3, 0.4) is 0 Å². The van der Waals surface area contributed by atoms with Crippen molar-refractivity contribution in [2.24, 2.45) is 0 Å². The molecule has 9 heteroatoms. The van der Waals surface area contributed by atoms with Crippen LogP contribution in [0.4, 0.5) is 0 Å². The Hall–Kier alpha value is -3.72. The molecule has 0 saturated heterocycles. The number of nitrogens with one attached hydrogen (secondary N) is 2. The van der Waals surface area contributed by atoms with E-state index in [1.165, 1.54) is 23.5 Å². The Bertz CT molecular complexity index is 1530. The second-order valence-electron chi connectivity index (χ2n) is 10.8. The Kier molecular flexibility index (Phi) is 11.2. The minimum atomic E-state index is -1.08. The third kappa shape index (κ3) is 7.49. The summed E-state index contributed by atoms with van der Waals surface area (Å²) in [5, 5.41) is 13.1. The van der Waals surface area contributed by atoms with Gasteiger partial charge < -0.3 is 15.4 Å². The molecule has 0 aliphatic rings. The summed E-state index contributed by atoms with van der Waals surface area (Å²) in [4.78, 5) is 33.9. The van der Waals surface area contributed by atoms with E-state index in [0.29, 0.717) is 12.2 Å². The standard InChI is InChI=1S/C35H35N3O3S2.ClH/c1-34(2,42-23-22-31-36-28-20-12-13-21-29(28)37-31)33(41)38-30(32(39)40)24-43-35(25-14-6-3-7-15-25,26-16-8-4-9-17-26)27-18-10-5-11-19-27;/h3-21,30H,22-24H2,1-2H3,(H,36,37)(H,38,41)(H,39,40);1H/t30-;/m0./s1. The number of rotatable bonds is 13. The van der Waals surface area contributed by atoms with Gasteiger partial charge in [-0.2, -0.15) is 0 Å². The Labute approximate surface area is 272 Å². The third-order valence-electron chi connectivity index (χ3n) is 7.40. The minimum Gasteiger partial charge on any atom is -0.480 e. The van der Waals surface area contributed by atoms with Crippen LogP contribution < -0.4 is 5.32 Å². The van der Waals surface area contributed by atoms with Gasteiger partial charge in [0.15, 0.2) is 0 Å². The van der Waals surface area contributed by atoms with Crippen molar-refractivity contribution in [2.45, 2.75) is 35.8 Å². The number of aromatic nitrogens is 2. The zero-order valence-corrected chi connectivity index (χ0v) is 27.1. The van der Waals surface area contributed by atoms with Crippen molar-refractivity contribution in [2.75, 3.05) is 11.5 Å². The Morgan fingerprint density at radius 1 is 0.795 bits per heavy atom. The van der Waals surface area contributed by atoms with E-state index in [1.54, 1.807) is 0 Å². The molecule has 1 heterocycles. The molecule has 0 bridgehead atoms. The number of carbonyl (C=O) groups excluding carboxylic acids is 1. The topological polar surface area (TPSA) is 95.1 Å². The molecule has 0 radical (unpaired) electrons. The minimum absolute atomic E-state index is 0. The number of fused-ring (bicyclic) bond motifs is 1. The first-order chi connectivity index (χ1) is 20.8. The first-order valence-electron chi connectivity index (χ1n) is 14.2. The van der Waals surface area contributed by atoms with Gasteiger partial charge in [-0.3, -0.25) is 4.79 Å². The Morgan fingerprint density at radius 2 is 1.30 bits per heavy atom. The number of carboxylic acid groups (broad SMARTS) is 1. The SMILES string of the molecule is CC(C)(SCCc1nc2ccccc2[nH]1)C(=O)N[C@@H](CSC(c1ccccc1)(c1ccccc1)c1ccccc1)C(=O)O.Cl. The lowest BCUT2D eigenvalue weighted by atomic mass is 9.84. The molecule has 0 spiro atoms. The van der Waals surface area contributed by atoms with Crippen molar-refractivity contribution in [3.8, 4) is 0 Å². The number of amides is 1. The number of H-pyrrole nitrogens is 1. The molecule has 1 aromatic heterocycles. The number of carbonyl (C=O) groups is 2. The lowest BCUT2D eigenvalue weighted by molar-refractivity contribution is -0.141. The van der Waals surface area contributed by atoms with Crippen LogP contribution in [-0.2, 0) is 20.8 Å². The maximum Gasteiger partial charge on any atom is 0.327 e. The molecule has 3 N–H and O–H groups in total. The van der Waals surface area contributed by atoms with E-state index in [2.05, 4.69) is 51.7 Å². The predicted octanol–water partition coefficient (Wildman–Crippen LogP) is 7.33. The van der Waals surface area contributed by atoms with Crippen molar-refractivity contribution in [1.29, 1.82) is 0 Å². The van der Waals surface area contributed by atoms with Gasteiger partial charge in [-0.1, -0.05) is 103 Å². The number of aryl methyl sites for hydroxylation is 1. The molecule has 228 valence electrons. The molecular weight excluding hydrogens is 610 g/mol. The number of halogens is 1. The molecule has 5 rings (SSSR count). The van der Waals surface area contributed by atoms with Crippen LogP contribution in [0.2, 0.25) is 0 Å². The highest BCUT2D eigenvalue weighted by atomic mass is 35.5. The van der Waals surface area contributed by atoms with Crippen LogP contribution in [0.25, 0.3) is 11.0 Å². The van der Waals surface area contributed by atoms with Gasteiger partial charge in [0.25, 0.3) is 0 Å². The number of nitrogens with zero attached hydrogens (tertiary/aromatic N) is 1. The summed E-state index contributed by atoms with van der Waals surface area (Å²) in [7, 11) is 0. The summed E-state index contributed by atoms with van der Waals surface area (Å²) >= 11 is 3.01. The number of carboxylic acids is 1. The Balaban J connectivity index is 0.00000442. The second-order valence-corrected chi connectivity index (χ2v) is 13.7. The van der Waals surface area contributed by atoms with Crippen molar-refractivity contribution in [1.82, 2.24) is 15.3 Å². The lowest BCUT2D eigenvalue weighted by Crippen LogP contribution is -2.50. The van der Waals surface area contributed by atoms with Crippen molar-refractivity contribution >= 4 is 58.8 Å². The molecule has 44 heavy (non-hydrogen) atoms. The number of imidazole rings is 1. The van der Waals surface area contributed by atoms with Crippen molar-refractivity contribution in [3.63, 3.8) is 0 Å². The van der Waals surface area contributed by atoms with Gasteiger partial charge >= 0.3 is 5.97 Å². The molecule has 0 saturated carbocycles. The number of hydrogen-bond acceptors (Lipinski definition) is 5.